The molecule has 5 heteroatoms. The summed E-state index contributed by atoms with van der Waals surface area (Å²) in [7, 11) is 0. The molecule has 2 atom stereocenters. The number of halogens is 1. The van der Waals surface area contributed by atoms with Gasteiger partial charge < -0.3 is 5.32 Å². The van der Waals surface area contributed by atoms with Crippen molar-refractivity contribution in [2.45, 2.75) is 31.7 Å². The zero-order valence-electron chi connectivity index (χ0n) is 10.4. The summed E-state index contributed by atoms with van der Waals surface area (Å²) in [6.07, 6.45) is 3.89. The van der Waals surface area contributed by atoms with Crippen molar-refractivity contribution < 1.29 is 9.59 Å². The van der Waals surface area contributed by atoms with Crippen LogP contribution in [0.5, 0.6) is 0 Å². The fourth-order valence-corrected chi connectivity index (χ4v) is 3.05. The third-order valence-corrected chi connectivity index (χ3v) is 4.15. The zero-order valence-corrected chi connectivity index (χ0v) is 11.2. The number of hydrogen-bond donors (Lipinski definition) is 1. The largest absolute Gasteiger partial charge is 0.334 e. The minimum Gasteiger partial charge on any atom is -0.334 e. The highest BCUT2D eigenvalue weighted by Crippen LogP contribution is 2.31. The van der Waals surface area contributed by atoms with Gasteiger partial charge in [0, 0.05) is 11.1 Å². The monoisotopic (exact) mass is 278 g/mol. The summed E-state index contributed by atoms with van der Waals surface area (Å²) in [6.45, 7) is 0. The lowest BCUT2D eigenvalue weighted by Gasteiger charge is -2.39. The molecule has 19 heavy (non-hydrogen) atoms. The molecular weight excluding hydrogens is 264 g/mol. The van der Waals surface area contributed by atoms with Gasteiger partial charge in [-0.3, -0.25) is 4.79 Å². The maximum atomic E-state index is 12.5. The van der Waals surface area contributed by atoms with Gasteiger partial charge in [-0.15, -0.1) is 0 Å². The van der Waals surface area contributed by atoms with E-state index in [1.807, 2.05) is 0 Å². The normalized spacial score (nSPS) is 26.9. The van der Waals surface area contributed by atoms with Gasteiger partial charge in [-0.05, 0) is 37.1 Å². The molecule has 0 bridgehead atoms. The van der Waals surface area contributed by atoms with Crippen molar-refractivity contribution in [3.8, 4) is 0 Å². The molecule has 0 radical (unpaired) electrons. The lowest BCUT2D eigenvalue weighted by atomic mass is 9.82. The maximum Gasteiger partial charge on any atom is 0.328 e. The summed E-state index contributed by atoms with van der Waals surface area (Å²) in [5, 5.41) is 3.53. The number of hydrogen-bond acceptors (Lipinski definition) is 2. The molecule has 2 fully saturated rings. The van der Waals surface area contributed by atoms with Crippen molar-refractivity contribution >= 4 is 29.2 Å². The minimum absolute atomic E-state index is 0.0114. The SMILES string of the molecule is O=C1NC2CCCCC2C(=O)N1c1ccc(Cl)cc1. The van der Waals surface area contributed by atoms with E-state index in [0.29, 0.717) is 10.7 Å². The van der Waals surface area contributed by atoms with Crippen LogP contribution in [0.3, 0.4) is 0 Å². The first kappa shape index (κ1) is 12.5. The predicted octanol–water partition coefficient (Wildman–Crippen LogP) is 2.96. The highest BCUT2D eigenvalue weighted by molar-refractivity contribution is 6.30. The van der Waals surface area contributed by atoms with E-state index >= 15 is 0 Å². The van der Waals surface area contributed by atoms with E-state index in [2.05, 4.69) is 5.32 Å². The number of nitrogens with one attached hydrogen (secondary N) is 1. The number of fused-ring (bicyclic) bond motifs is 1. The molecule has 1 aliphatic heterocycles. The molecule has 0 spiro atoms. The quantitative estimate of drug-likeness (QED) is 0.859. The van der Waals surface area contributed by atoms with Gasteiger partial charge in [0.05, 0.1) is 11.6 Å². The highest BCUT2D eigenvalue weighted by atomic mass is 35.5. The Kier molecular flexibility index (Phi) is 3.19. The molecule has 2 aliphatic rings. The van der Waals surface area contributed by atoms with Crippen molar-refractivity contribution in [2.24, 2.45) is 5.92 Å². The second kappa shape index (κ2) is 4.85. The van der Waals surface area contributed by atoms with Crippen LogP contribution in [-0.2, 0) is 4.79 Å². The molecule has 1 heterocycles. The van der Waals surface area contributed by atoms with Gasteiger partial charge in [0.1, 0.15) is 0 Å². The van der Waals surface area contributed by atoms with Crippen molar-refractivity contribution in [3.63, 3.8) is 0 Å². The number of amides is 3. The van der Waals surface area contributed by atoms with Gasteiger partial charge in [0.25, 0.3) is 0 Å². The van der Waals surface area contributed by atoms with E-state index < -0.39 is 0 Å². The molecule has 1 saturated heterocycles. The summed E-state index contributed by atoms with van der Waals surface area (Å²) in [6, 6.07) is 6.45. The molecule has 1 N–H and O–H groups in total. The van der Waals surface area contributed by atoms with Crippen LogP contribution in [0.15, 0.2) is 24.3 Å². The van der Waals surface area contributed by atoms with Gasteiger partial charge in [0.2, 0.25) is 5.91 Å². The lowest BCUT2D eigenvalue weighted by molar-refractivity contribution is -0.124. The van der Waals surface area contributed by atoms with Gasteiger partial charge >= 0.3 is 6.03 Å². The third-order valence-electron chi connectivity index (χ3n) is 3.90. The summed E-state index contributed by atoms with van der Waals surface area (Å²) >= 11 is 5.83. The first-order valence-corrected chi connectivity index (χ1v) is 6.94. The van der Waals surface area contributed by atoms with Crippen LogP contribution >= 0.6 is 11.6 Å². The zero-order chi connectivity index (χ0) is 13.4. The molecule has 1 aromatic rings. The van der Waals surface area contributed by atoms with E-state index in [1.54, 1.807) is 24.3 Å². The van der Waals surface area contributed by atoms with Crippen molar-refractivity contribution in [1.82, 2.24) is 5.32 Å². The molecular formula is C14H15ClN2O2. The summed E-state index contributed by atoms with van der Waals surface area (Å²) in [5.74, 6) is -0.169. The van der Waals surface area contributed by atoms with Crippen LogP contribution < -0.4 is 10.2 Å². The molecule has 1 saturated carbocycles. The molecule has 1 aliphatic carbocycles. The fraction of sp³-hybridized carbons (Fsp3) is 0.429. The molecule has 4 nitrogen and oxygen atoms in total. The standard InChI is InChI=1S/C14H15ClN2O2/c15-9-5-7-10(8-6-9)17-13(18)11-3-1-2-4-12(11)16-14(17)19/h5-8,11-12H,1-4H2,(H,16,19). The molecule has 1 aromatic carbocycles. The molecule has 3 amide bonds. The van der Waals surface area contributed by atoms with Crippen LogP contribution in [-0.4, -0.2) is 18.0 Å². The Hall–Kier alpha value is -1.55. The first-order valence-electron chi connectivity index (χ1n) is 6.57. The lowest BCUT2D eigenvalue weighted by Crippen LogP contribution is -2.61. The Morgan fingerprint density at radius 1 is 1.11 bits per heavy atom. The molecule has 3 rings (SSSR count). The van der Waals surface area contributed by atoms with Gasteiger partial charge in [-0.1, -0.05) is 24.4 Å². The predicted molar refractivity (Wildman–Crippen MR) is 73.2 cm³/mol. The summed E-state index contributed by atoms with van der Waals surface area (Å²) < 4.78 is 0. The number of imide groups is 1. The topological polar surface area (TPSA) is 49.4 Å². The third kappa shape index (κ3) is 2.21. The Balaban J connectivity index is 1.90. The van der Waals surface area contributed by atoms with Crippen molar-refractivity contribution in [2.75, 3.05) is 4.90 Å². The second-order valence-corrected chi connectivity index (χ2v) is 5.53. The number of rotatable bonds is 1. The van der Waals surface area contributed by atoms with E-state index in [9.17, 15) is 9.59 Å². The highest BCUT2D eigenvalue weighted by Gasteiger charge is 2.42. The average molecular weight is 279 g/mol. The van der Waals surface area contributed by atoms with E-state index in [4.69, 9.17) is 11.6 Å². The Labute approximate surface area is 116 Å². The maximum absolute atomic E-state index is 12.5. The van der Waals surface area contributed by atoms with E-state index in [0.717, 1.165) is 25.7 Å². The Morgan fingerprint density at radius 2 is 1.79 bits per heavy atom. The van der Waals surface area contributed by atoms with E-state index in [-0.39, 0.29) is 23.9 Å². The minimum atomic E-state index is -0.324. The Morgan fingerprint density at radius 3 is 2.53 bits per heavy atom. The van der Waals surface area contributed by atoms with Gasteiger partial charge in [-0.25, -0.2) is 9.69 Å². The second-order valence-electron chi connectivity index (χ2n) is 5.10. The fourth-order valence-electron chi connectivity index (χ4n) is 2.92. The van der Waals surface area contributed by atoms with Crippen LogP contribution in [0.2, 0.25) is 5.02 Å². The van der Waals surface area contributed by atoms with Gasteiger partial charge in [-0.2, -0.15) is 0 Å². The van der Waals surface area contributed by atoms with Gasteiger partial charge in [0.15, 0.2) is 0 Å². The van der Waals surface area contributed by atoms with Crippen LogP contribution in [0.25, 0.3) is 0 Å². The number of nitrogens with zero attached hydrogens (tertiary/aromatic N) is 1. The van der Waals surface area contributed by atoms with Crippen LogP contribution in [0, 0.1) is 5.92 Å². The number of benzene rings is 1. The number of anilines is 1. The van der Waals surface area contributed by atoms with Crippen LogP contribution in [0.1, 0.15) is 25.7 Å². The number of carbonyl (C=O) groups is 2. The molecule has 0 aromatic heterocycles. The first-order chi connectivity index (χ1) is 9.16. The summed E-state index contributed by atoms with van der Waals surface area (Å²) in [4.78, 5) is 25.8. The smallest absolute Gasteiger partial charge is 0.328 e. The van der Waals surface area contributed by atoms with Crippen LogP contribution in [0.4, 0.5) is 10.5 Å². The Bertz CT molecular complexity index is 515. The molecule has 2 unspecified atom stereocenters. The van der Waals surface area contributed by atoms with Crippen molar-refractivity contribution in [1.29, 1.82) is 0 Å². The van der Waals surface area contributed by atoms with Crippen molar-refractivity contribution in [3.05, 3.63) is 29.3 Å². The summed E-state index contributed by atoms with van der Waals surface area (Å²) in [5.41, 5.74) is 0.580. The molecule has 100 valence electrons. The van der Waals surface area contributed by atoms with E-state index in [1.165, 1.54) is 4.90 Å². The average Bonchev–Trinajstić information content (AvgIpc) is 2.41. The number of urea groups is 1. The number of carbonyl (C=O) groups excluding carboxylic acids is 2.